The van der Waals surface area contributed by atoms with Gasteiger partial charge in [0, 0.05) is 12.4 Å². The van der Waals surface area contributed by atoms with Crippen molar-refractivity contribution >= 4 is 11.4 Å². The molecule has 0 fully saturated rings. The summed E-state index contributed by atoms with van der Waals surface area (Å²) in [5.41, 5.74) is 5.83. The molecule has 0 spiro atoms. The first-order valence-electron chi connectivity index (χ1n) is 4.50. The molecule has 0 aliphatic heterocycles. The van der Waals surface area contributed by atoms with Crippen molar-refractivity contribution in [3.05, 3.63) is 46.8 Å². The van der Waals surface area contributed by atoms with Crippen molar-refractivity contribution in [2.75, 3.05) is 5.73 Å². The minimum Gasteiger partial charge on any atom is -0.393 e. The number of anilines is 1. The number of nitrogen functional groups attached to an aromatic ring is 1. The summed E-state index contributed by atoms with van der Waals surface area (Å²) in [6, 6.07) is 6.32. The van der Waals surface area contributed by atoms with Gasteiger partial charge in [0.05, 0.1) is 10.5 Å². The van der Waals surface area contributed by atoms with Gasteiger partial charge < -0.3 is 5.73 Å². The highest BCUT2D eigenvalue weighted by Crippen LogP contribution is 2.31. The molecule has 2 N–H and O–H groups in total. The van der Waals surface area contributed by atoms with Gasteiger partial charge in [0.2, 0.25) is 0 Å². The fourth-order valence-corrected chi connectivity index (χ4v) is 1.38. The summed E-state index contributed by atoms with van der Waals surface area (Å²) in [5.74, 6) is 0.293. The average molecular weight is 216 g/mol. The van der Waals surface area contributed by atoms with Crippen molar-refractivity contribution in [1.82, 2.24) is 9.97 Å². The first kappa shape index (κ1) is 10.0. The van der Waals surface area contributed by atoms with Crippen LogP contribution in [0.3, 0.4) is 0 Å². The Labute approximate surface area is 90.9 Å². The van der Waals surface area contributed by atoms with E-state index in [1.54, 1.807) is 18.2 Å². The number of benzene rings is 1. The van der Waals surface area contributed by atoms with E-state index in [1.165, 1.54) is 18.5 Å². The lowest BCUT2D eigenvalue weighted by Gasteiger charge is -2.02. The third-order valence-electron chi connectivity index (χ3n) is 2.06. The monoisotopic (exact) mass is 216 g/mol. The fourth-order valence-electron chi connectivity index (χ4n) is 1.38. The molecule has 0 bridgehead atoms. The Kier molecular flexibility index (Phi) is 2.47. The predicted molar refractivity (Wildman–Crippen MR) is 58.5 cm³/mol. The zero-order chi connectivity index (χ0) is 11.5. The SMILES string of the molecule is Nc1cccc(-c2ncccn2)c1[N+](=O)[O-]. The van der Waals surface area contributed by atoms with Crippen LogP contribution >= 0.6 is 0 Å². The number of aromatic nitrogens is 2. The number of nitrogens with two attached hydrogens (primary N) is 1. The van der Waals surface area contributed by atoms with Gasteiger partial charge in [-0.1, -0.05) is 6.07 Å². The number of hydrogen-bond donors (Lipinski definition) is 1. The molecule has 6 nitrogen and oxygen atoms in total. The van der Waals surface area contributed by atoms with E-state index in [-0.39, 0.29) is 11.4 Å². The van der Waals surface area contributed by atoms with Gasteiger partial charge in [-0.05, 0) is 18.2 Å². The van der Waals surface area contributed by atoms with Gasteiger partial charge in [0.1, 0.15) is 5.69 Å². The summed E-state index contributed by atoms with van der Waals surface area (Å²) in [5, 5.41) is 10.9. The fraction of sp³-hybridized carbons (Fsp3) is 0. The van der Waals surface area contributed by atoms with Gasteiger partial charge in [0.25, 0.3) is 0 Å². The molecule has 2 rings (SSSR count). The summed E-state index contributed by atoms with van der Waals surface area (Å²) in [6.07, 6.45) is 3.05. The number of nitro benzene ring substituents is 1. The second-order valence-electron chi connectivity index (χ2n) is 3.07. The molecule has 1 heterocycles. The highest BCUT2D eigenvalue weighted by atomic mass is 16.6. The number of rotatable bonds is 2. The second-order valence-corrected chi connectivity index (χ2v) is 3.07. The topological polar surface area (TPSA) is 94.9 Å². The lowest BCUT2D eigenvalue weighted by molar-refractivity contribution is -0.383. The molecule has 0 atom stereocenters. The van der Waals surface area contributed by atoms with Crippen LogP contribution in [-0.4, -0.2) is 14.9 Å². The zero-order valence-corrected chi connectivity index (χ0v) is 8.20. The minimum absolute atomic E-state index is 0.106. The highest BCUT2D eigenvalue weighted by molar-refractivity contribution is 5.77. The van der Waals surface area contributed by atoms with Crippen molar-refractivity contribution in [3.8, 4) is 11.4 Å². The van der Waals surface area contributed by atoms with Crippen molar-refractivity contribution in [2.45, 2.75) is 0 Å². The van der Waals surface area contributed by atoms with Crippen molar-refractivity contribution in [1.29, 1.82) is 0 Å². The van der Waals surface area contributed by atoms with Crippen LogP contribution in [0, 0.1) is 10.1 Å². The van der Waals surface area contributed by atoms with E-state index < -0.39 is 4.92 Å². The first-order chi connectivity index (χ1) is 7.70. The van der Waals surface area contributed by atoms with Crippen LogP contribution in [0.25, 0.3) is 11.4 Å². The molecule has 2 aromatic rings. The lowest BCUT2D eigenvalue weighted by atomic mass is 10.1. The number of nitro groups is 1. The summed E-state index contributed by atoms with van der Waals surface area (Å²) in [4.78, 5) is 18.3. The van der Waals surface area contributed by atoms with Crippen molar-refractivity contribution < 1.29 is 4.92 Å². The van der Waals surface area contributed by atoms with E-state index in [2.05, 4.69) is 9.97 Å². The molecule has 1 aromatic carbocycles. The van der Waals surface area contributed by atoms with Gasteiger partial charge in [-0.25, -0.2) is 9.97 Å². The average Bonchev–Trinajstić information content (AvgIpc) is 2.29. The standard InChI is InChI=1S/C10H8N4O2/c11-8-4-1-3-7(9(8)14(15)16)10-12-5-2-6-13-10/h1-6H,11H2. The Morgan fingerprint density at radius 1 is 1.19 bits per heavy atom. The zero-order valence-electron chi connectivity index (χ0n) is 8.20. The summed E-state index contributed by atoms with van der Waals surface area (Å²) in [7, 11) is 0. The van der Waals surface area contributed by atoms with Crippen LogP contribution in [0.2, 0.25) is 0 Å². The Morgan fingerprint density at radius 2 is 1.88 bits per heavy atom. The van der Waals surface area contributed by atoms with Crippen molar-refractivity contribution in [2.24, 2.45) is 0 Å². The Morgan fingerprint density at radius 3 is 2.50 bits per heavy atom. The Hall–Kier alpha value is -2.50. The molecule has 80 valence electrons. The molecule has 0 aliphatic carbocycles. The van der Waals surface area contributed by atoms with E-state index >= 15 is 0 Å². The van der Waals surface area contributed by atoms with Crippen LogP contribution in [0.1, 0.15) is 0 Å². The molecule has 0 saturated carbocycles. The molecule has 16 heavy (non-hydrogen) atoms. The summed E-state index contributed by atoms with van der Waals surface area (Å²) in [6.45, 7) is 0. The minimum atomic E-state index is -0.527. The second kappa shape index (κ2) is 3.93. The number of nitrogens with zero attached hydrogens (tertiary/aromatic N) is 3. The normalized spacial score (nSPS) is 10.0. The van der Waals surface area contributed by atoms with E-state index in [4.69, 9.17) is 5.73 Å². The smallest absolute Gasteiger partial charge is 0.303 e. The number of hydrogen-bond acceptors (Lipinski definition) is 5. The Balaban J connectivity index is 2.66. The van der Waals surface area contributed by atoms with Gasteiger partial charge >= 0.3 is 5.69 Å². The van der Waals surface area contributed by atoms with E-state index in [9.17, 15) is 10.1 Å². The van der Waals surface area contributed by atoms with Gasteiger partial charge in [0.15, 0.2) is 5.82 Å². The molecule has 0 radical (unpaired) electrons. The van der Waals surface area contributed by atoms with Crippen LogP contribution in [0.4, 0.5) is 11.4 Å². The van der Waals surface area contributed by atoms with Crippen LogP contribution in [-0.2, 0) is 0 Å². The van der Waals surface area contributed by atoms with Crippen LogP contribution in [0.5, 0.6) is 0 Å². The molecule has 0 unspecified atom stereocenters. The van der Waals surface area contributed by atoms with Gasteiger partial charge in [-0.2, -0.15) is 0 Å². The maximum atomic E-state index is 10.9. The third-order valence-corrected chi connectivity index (χ3v) is 2.06. The largest absolute Gasteiger partial charge is 0.393 e. The van der Waals surface area contributed by atoms with Crippen molar-refractivity contribution in [3.63, 3.8) is 0 Å². The van der Waals surface area contributed by atoms with Crippen LogP contribution < -0.4 is 5.73 Å². The summed E-state index contributed by atoms with van der Waals surface area (Å²) >= 11 is 0. The lowest BCUT2D eigenvalue weighted by Crippen LogP contribution is -1.99. The maximum absolute atomic E-state index is 10.9. The molecule has 1 aromatic heterocycles. The quantitative estimate of drug-likeness (QED) is 0.467. The van der Waals surface area contributed by atoms with E-state index in [0.717, 1.165) is 0 Å². The predicted octanol–water partition coefficient (Wildman–Crippen LogP) is 1.63. The van der Waals surface area contributed by atoms with E-state index in [1.807, 2.05) is 0 Å². The third kappa shape index (κ3) is 1.68. The summed E-state index contributed by atoms with van der Waals surface area (Å²) < 4.78 is 0. The van der Waals surface area contributed by atoms with Gasteiger partial charge in [-0.3, -0.25) is 10.1 Å². The molecule has 0 amide bonds. The van der Waals surface area contributed by atoms with E-state index in [0.29, 0.717) is 11.4 Å². The molecular formula is C10H8N4O2. The number of para-hydroxylation sites is 1. The maximum Gasteiger partial charge on any atom is 0.303 e. The molecule has 6 heteroatoms. The Bertz CT molecular complexity index is 528. The van der Waals surface area contributed by atoms with Gasteiger partial charge in [-0.15, -0.1) is 0 Å². The first-order valence-corrected chi connectivity index (χ1v) is 4.50. The highest BCUT2D eigenvalue weighted by Gasteiger charge is 2.20. The molecule has 0 aliphatic rings. The molecule has 0 saturated heterocycles. The molecular weight excluding hydrogens is 208 g/mol. The van der Waals surface area contributed by atoms with Crippen LogP contribution in [0.15, 0.2) is 36.7 Å².